The minimum Gasteiger partial charge on any atom is -0.389 e. The van der Waals surface area contributed by atoms with Crippen molar-refractivity contribution in [2.45, 2.75) is 45.8 Å². The lowest BCUT2D eigenvalue weighted by molar-refractivity contribution is 0.0231. The minimum absolute atomic E-state index is 0.169. The van der Waals surface area contributed by atoms with E-state index in [4.69, 9.17) is 4.74 Å². The number of aliphatic hydroxyl groups is 1. The van der Waals surface area contributed by atoms with E-state index < -0.39 is 5.60 Å². The summed E-state index contributed by atoms with van der Waals surface area (Å²) >= 11 is 0. The first-order chi connectivity index (χ1) is 8.78. The molecule has 1 aromatic rings. The number of methoxy groups -OCH3 is 1. The van der Waals surface area contributed by atoms with E-state index in [0.717, 1.165) is 11.4 Å². The van der Waals surface area contributed by atoms with E-state index in [1.54, 1.807) is 7.11 Å². The van der Waals surface area contributed by atoms with E-state index in [9.17, 15) is 5.11 Å². The van der Waals surface area contributed by atoms with Gasteiger partial charge in [0.15, 0.2) is 0 Å². The number of aromatic nitrogens is 2. The van der Waals surface area contributed by atoms with Crippen LogP contribution < -0.4 is 5.32 Å². The zero-order valence-corrected chi connectivity index (χ0v) is 12.9. The Balaban J connectivity index is 2.62. The van der Waals surface area contributed by atoms with Crippen molar-refractivity contribution < 1.29 is 9.84 Å². The highest BCUT2D eigenvalue weighted by Gasteiger charge is 2.22. The summed E-state index contributed by atoms with van der Waals surface area (Å²) in [7, 11) is 3.60. The predicted molar refractivity (Wildman–Crippen MR) is 76.2 cm³/mol. The number of nitrogens with zero attached hydrogens (tertiary/aromatic N) is 2. The fourth-order valence-corrected chi connectivity index (χ4v) is 2.30. The lowest BCUT2D eigenvalue weighted by Gasteiger charge is -2.26. The molecule has 19 heavy (non-hydrogen) atoms. The van der Waals surface area contributed by atoms with Gasteiger partial charge in [-0.05, 0) is 27.7 Å². The summed E-state index contributed by atoms with van der Waals surface area (Å²) in [6.07, 6.45) is 0.619. The van der Waals surface area contributed by atoms with Crippen LogP contribution in [0, 0.1) is 13.8 Å². The summed E-state index contributed by atoms with van der Waals surface area (Å²) < 4.78 is 6.90. The smallest absolute Gasteiger partial charge is 0.0765 e. The van der Waals surface area contributed by atoms with Crippen molar-refractivity contribution in [1.82, 2.24) is 15.1 Å². The molecule has 0 saturated carbocycles. The van der Waals surface area contributed by atoms with E-state index in [1.165, 1.54) is 5.56 Å². The van der Waals surface area contributed by atoms with Gasteiger partial charge in [0.05, 0.1) is 11.3 Å². The largest absolute Gasteiger partial charge is 0.389 e. The Hall–Kier alpha value is -0.910. The average Bonchev–Trinajstić information content (AvgIpc) is 2.58. The molecule has 0 aromatic carbocycles. The standard InChI is InChI=1S/C14H27N3O2/c1-10(13-11(2)16-17(5)12(13)3)15-9-14(4,18)7-8-19-6/h10,15,18H,7-9H2,1-6H3. The normalized spacial score (nSPS) is 16.4. The van der Waals surface area contributed by atoms with Crippen LogP contribution in [-0.4, -0.2) is 40.7 Å². The quantitative estimate of drug-likeness (QED) is 0.787. The zero-order valence-electron chi connectivity index (χ0n) is 12.9. The van der Waals surface area contributed by atoms with Gasteiger partial charge in [-0.1, -0.05) is 0 Å². The maximum atomic E-state index is 10.2. The van der Waals surface area contributed by atoms with Gasteiger partial charge in [-0.2, -0.15) is 5.10 Å². The van der Waals surface area contributed by atoms with Crippen LogP contribution in [0.2, 0.25) is 0 Å². The van der Waals surface area contributed by atoms with Crippen LogP contribution in [-0.2, 0) is 11.8 Å². The average molecular weight is 269 g/mol. The van der Waals surface area contributed by atoms with Crippen molar-refractivity contribution in [3.05, 3.63) is 17.0 Å². The molecular weight excluding hydrogens is 242 g/mol. The first-order valence-corrected chi connectivity index (χ1v) is 6.73. The van der Waals surface area contributed by atoms with Gasteiger partial charge >= 0.3 is 0 Å². The summed E-state index contributed by atoms with van der Waals surface area (Å²) in [5.74, 6) is 0. The first-order valence-electron chi connectivity index (χ1n) is 6.73. The van der Waals surface area contributed by atoms with Gasteiger partial charge in [0, 0.05) is 51.0 Å². The van der Waals surface area contributed by atoms with E-state index in [0.29, 0.717) is 19.6 Å². The summed E-state index contributed by atoms with van der Waals surface area (Å²) in [5, 5.41) is 18.0. The minimum atomic E-state index is -0.756. The molecule has 1 aromatic heterocycles. The van der Waals surface area contributed by atoms with Crippen molar-refractivity contribution in [1.29, 1.82) is 0 Å². The van der Waals surface area contributed by atoms with Gasteiger partial charge in [-0.3, -0.25) is 4.68 Å². The fraction of sp³-hybridized carbons (Fsp3) is 0.786. The number of hydrogen-bond acceptors (Lipinski definition) is 4. The molecular formula is C14H27N3O2. The second-order valence-electron chi connectivity index (χ2n) is 5.55. The third kappa shape index (κ3) is 4.30. The Labute approximate surface area is 116 Å². The maximum absolute atomic E-state index is 10.2. The molecule has 5 heteroatoms. The highest BCUT2D eigenvalue weighted by Crippen LogP contribution is 2.21. The molecule has 2 unspecified atom stereocenters. The van der Waals surface area contributed by atoms with Gasteiger partial charge < -0.3 is 15.2 Å². The van der Waals surface area contributed by atoms with Gasteiger partial charge in [0.25, 0.3) is 0 Å². The molecule has 5 nitrogen and oxygen atoms in total. The van der Waals surface area contributed by atoms with Crippen molar-refractivity contribution in [3.8, 4) is 0 Å². The van der Waals surface area contributed by atoms with Crippen LogP contribution >= 0.6 is 0 Å². The highest BCUT2D eigenvalue weighted by atomic mass is 16.5. The molecule has 0 spiro atoms. The summed E-state index contributed by atoms with van der Waals surface area (Å²) in [5.41, 5.74) is 2.66. The van der Waals surface area contributed by atoms with Crippen molar-refractivity contribution >= 4 is 0 Å². The van der Waals surface area contributed by atoms with Crippen molar-refractivity contribution in [3.63, 3.8) is 0 Å². The van der Waals surface area contributed by atoms with E-state index in [-0.39, 0.29) is 6.04 Å². The van der Waals surface area contributed by atoms with Crippen LogP contribution in [0.25, 0.3) is 0 Å². The maximum Gasteiger partial charge on any atom is 0.0765 e. The van der Waals surface area contributed by atoms with Crippen LogP contribution in [0.15, 0.2) is 0 Å². The molecule has 0 amide bonds. The molecule has 110 valence electrons. The zero-order chi connectivity index (χ0) is 14.6. The second-order valence-corrected chi connectivity index (χ2v) is 5.55. The molecule has 0 radical (unpaired) electrons. The molecule has 1 rings (SSSR count). The Morgan fingerprint density at radius 2 is 2.11 bits per heavy atom. The molecule has 1 heterocycles. The third-order valence-electron chi connectivity index (χ3n) is 3.63. The summed E-state index contributed by atoms with van der Waals surface area (Å²) in [6.45, 7) is 9.11. The number of rotatable bonds is 7. The first kappa shape index (κ1) is 16.1. The van der Waals surface area contributed by atoms with Gasteiger partial charge in [-0.25, -0.2) is 0 Å². The monoisotopic (exact) mass is 269 g/mol. The van der Waals surface area contributed by atoms with Crippen LogP contribution in [0.5, 0.6) is 0 Å². The highest BCUT2D eigenvalue weighted by molar-refractivity contribution is 5.27. The number of hydrogen-bond donors (Lipinski definition) is 2. The van der Waals surface area contributed by atoms with E-state index in [2.05, 4.69) is 24.3 Å². The van der Waals surface area contributed by atoms with Crippen LogP contribution in [0.4, 0.5) is 0 Å². The van der Waals surface area contributed by atoms with Gasteiger partial charge in [0.2, 0.25) is 0 Å². The van der Waals surface area contributed by atoms with E-state index in [1.807, 2.05) is 25.6 Å². The number of nitrogens with one attached hydrogen (secondary N) is 1. The number of ether oxygens (including phenoxy) is 1. The Bertz CT molecular complexity index is 413. The third-order valence-corrected chi connectivity index (χ3v) is 3.63. The molecule has 2 N–H and O–H groups in total. The molecule has 0 fully saturated rings. The number of aryl methyl sites for hydroxylation is 2. The van der Waals surface area contributed by atoms with Crippen molar-refractivity contribution in [2.24, 2.45) is 7.05 Å². The van der Waals surface area contributed by atoms with E-state index >= 15 is 0 Å². The lowest BCUT2D eigenvalue weighted by Crippen LogP contribution is -2.39. The fourth-order valence-electron chi connectivity index (χ4n) is 2.30. The molecule has 0 bridgehead atoms. The molecule has 2 atom stereocenters. The van der Waals surface area contributed by atoms with Crippen LogP contribution in [0.3, 0.4) is 0 Å². The lowest BCUT2D eigenvalue weighted by atomic mass is 10.0. The molecule has 0 aliphatic heterocycles. The SMILES string of the molecule is COCCC(C)(O)CNC(C)c1c(C)nn(C)c1C. The van der Waals surface area contributed by atoms with Gasteiger partial charge in [0.1, 0.15) is 0 Å². The Kier molecular flexibility index (Phi) is 5.52. The molecule has 0 aliphatic carbocycles. The second kappa shape index (κ2) is 6.50. The summed E-state index contributed by atoms with van der Waals surface area (Å²) in [4.78, 5) is 0. The topological polar surface area (TPSA) is 59.3 Å². The summed E-state index contributed by atoms with van der Waals surface area (Å²) in [6, 6.07) is 0.169. The Morgan fingerprint density at radius 1 is 1.47 bits per heavy atom. The molecule has 0 aliphatic rings. The molecule has 0 saturated heterocycles. The van der Waals surface area contributed by atoms with Crippen LogP contribution in [0.1, 0.15) is 43.3 Å². The van der Waals surface area contributed by atoms with Gasteiger partial charge in [-0.15, -0.1) is 0 Å². The Morgan fingerprint density at radius 3 is 2.58 bits per heavy atom. The predicted octanol–water partition coefficient (Wildman–Crippen LogP) is 1.48. The van der Waals surface area contributed by atoms with Crippen molar-refractivity contribution in [2.75, 3.05) is 20.3 Å².